The minimum Gasteiger partial charge on any atom is -0.478 e. The molecule has 2 aromatic rings. The number of amides is 1. The monoisotopic (exact) mass is 370 g/mol. The highest BCUT2D eigenvalue weighted by molar-refractivity contribution is 5.81. The Labute approximate surface area is 160 Å². The predicted octanol–water partition coefficient (Wildman–Crippen LogP) is 3.90. The van der Waals surface area contributed by atoms with Gasteiger partial charge in [-0.2, -0.15) is 0 Å². The van der Waals surface area contributed by atoms with Crippen LogP contribution >= 0.6 is 0 Å². The van der Waals surface area contributed by atoms with E-state index in [0.717, 1.165) is 12.1 Å². The topological polar surface area (TPSA) is 41.6 Å². The third kappa shape index (κ3) is 5.54. The van der Waals surface area contributed by atoms with Crippen molar-refractivity contribution >= 4 is 5.91 Å². The average molecular weight is 370 g/mol. The summed E-state index contributed by atoms with van der Waals surface area (Å²) in [6.07, 6.45) is 2.33. The van der Waals surface area contributed by atoms with Crippen LogP contribution in [0, 0.1) is 5.82 Å². The number of likely N-dealkylation sites (tertiary alicyclic amines) is 1. The molecule has 1 saturated heterocycles. The Morgan fingerprint density at radius 2 is 1.78 bits per heavy atom. The van der Waals surface area contributed by atoms with Crippen LogP contribution < -0.4 is 10.1 Å². The SMILES string of the molecule is CC[C@H](Oc1ccccc1F)C(=O)NCc1ccc(CN2CCCC2)cc1. The van der Waals surface area contributed by atoms with Gasteiger partial charge in [0, 0.05) is 13.1 Å². The molecule has 1 amide bonds. The molecule has 1 aliphatic rings. The second-order valence-electron chi connectivity index (χ2n) is 6.96. The molecular weight excluding hydrogens is 343 g/mol. The lowest BCUT2D eigenvalue weighted by Crippen LogP contribution is -2.37. The van der Waals surface area contributed by atoms with Crippen molar-refractivity contribution in [3.63, 3.8) is 0 Å². The highest BCUT2D eigenvalue weighted by Gasteiger charge is 2.19. The molecule has 0 aliphatic carbocycles. The van der Waals surface area contributed by atoms with Crippen molar-refractivity contribution in [1.82, 2.24) is 10.2 Å². The third-order valence-corrected chi connectivity index (χ3v) is 4.86. The Morgan fingerprint density at radius 1 is 1.11 bits per heavy atom. The molecule has 0 bridgehead atoms. The molecule has 4 nitrogen and oxygen atoms in total. The average Bonchev–Trinajstić information content (AvgIpc) is 3.19. The number of para-hydroxylation sites is 1. The number of benzene rings is 2. The third-order valence-electron chi connectivity index (χ3n) is 4.86. The van der Waals surface area contributed by atoms with Gasteiger partial charge in [0.2, 0.25) is 0 Å². The Hall–Kier alpha value is -2.40. The van der Waals surface area contributed by atoms with Gasteiger partial charge in [0.1, 0.15) is 0 Å². The summed E-state index contributed by atoms with van der Waals surface area (Å²) in [6, 6.07) is 14.5. The lowest BCUT2D eigenvalue weighted by atomic mass is 10.1. The van der Waals surface area contributed by atoms with E-state index in [4.69, 9.17) is 4.74 Å². The fourth-order valence-electron chi connectivity index (χ4n) is 3.28. The van der Waals surface area contributed by atoms with E-state index in [9.17, 15) is 9.18 Å². The summed E-state index contributed by atoms with van der Waals surface area (Å²) in [5, 5.41) is 2.89. The lowest BCUT2D eigenvalue weighted by Gasteiger charge is -2.18. The van der Waals surface area contributed by atoms with Crippen LogP contribution in [-0.2, 0) is 17.9 Å². The van der Waals surface area contributed by atoms with Gasteiger partial charge in [-0.1, -0.05) is 43.3 Å². The minimum atomic E-state index is -0.712. The van der Waals surface area contributed by atoms with E-state index < -0.39 is 11.9 Å². The fraction of sp³-hybridized carbons (Fsp3) is 0.409. The maximum atomic E-state index is 13.7. The quantitative estimate of drug-likeness (QED) is 0.766. The Balaban J connectivity index is 1.50. The molecule has 5 heteroatoms. The number of nitrogens with one attached hydrogen (secondary N) is 1. The molecule has 1 aliphatic heterocycles. The molecule has 0 unspecified atom stereocenters. The van der Waals surface area contributed by atoms with Crippen molar-refractivity contribution in [2.24, 2.45) is 0 Å². The van der Waals surface area contributed by atoms with Crippen LogP contribution in [0.2, 0.25) is 0 Å². The molecule has 144 valence electrons. The smallest absolute Gasteiger partial charge is 0.261 e. The zero-order valence-corrected chi connectivity index (χ0v) is 15.8. The summed E-state index contributed by atoms with van der Waals surface area (Å²) in [4.78, 5) is 14.9. The minimum absolute atomic E-state index is 0.103. The van der Waals surface area contributed by atoms with Crippen LogP contribution in [0.1, 0.15) is 37.3 Å². The molecule has 0 spiro atoms. The molecule has 0 radical (unpaired) electrons. The van der Waals surface area contributed by atoms with Gasteiger partial charge < -0.3 is 10.1 Å². The van der Waals surface area contributed by atoms with E-state index in [0.29, 0.717) is 13.0 Å². The molecule has 1 atom stereocenters. The van der Waals surface area contributed by atoms with Gasteiger partial charge in [-0.15, -0.1) is 0 Å². The highest BCUT2D eigenvalue weighted by atomic mass is 19.1. The molecule has 2 aromatic carbocycles. The Morgan fingerprint density at radius 3 is 2.44 bits per heavy atom. The van der Waals surface area contributed by atoms with Crippen molar-refractivity contribution in [2.75, 3.05) is 13.1 Å². The molecule has 3 rings (SSSR count). The second-order valence-corrected chi connectivity index (χ2v) is 6.96. The summed E-state index contributed by atoms with van der Waals surface area (Å²) in [6.45, 7) is 5.62. The van der Waals surface area contributed by atoms with Crippen molar-refractivity contribution in [2.45, 2.75) is 45.4 Å². The van der Waals surface area contributed by atoms with Gasteiger partial charge in [-0.3, -0.25) is 9.69 Å². The van der Waals surface area contributed by atoms with Crippen molar-refractivity contribution < 1.29 is 13.9 Å². The molecular formula is C22H27FN2O2. The number of carbonyl (C=O) groups excluding carboxylic acids is 1. The van der Waals surface area contributed by atoms with Crippen LogP contribution in [0.4, 0.5) is 4.39 Å². The molecule has 1 N–H and O–H groups in total. The van der Waals surface area contributed by atoms with Crippen LogP contribution in [-0.4, -0.2) is 30.0 Å². The first-order valence-corrected chi connectivity index (χ1v) is 9.65. The zero-order valence-electron chi connectivity index (χ0n) is 15.8. The van der Waals surface area contributed by atoms with Crippen LogP contribution in [0.3, 0.4) is 0 Å². The number of ether oxygens (including phenoxy) is 1. The first kappa shape index (κ1) is 19.4. The fourth-order valence-corrected chi connectivity index (χ4v) is 3.28. The first-order valence-electron chi connectivity index (χ1n) is 9.65. The Bertz CT molecular complexity index is 742. The van der Waals surface area contributed by atoms with E-state index in [1.165, 1.54) is 43.6 Å². The van der Waals surface area contributed by atoms with E-state index in [2.05, 4.69) is 22.3 Å². The standard InChI is InChI=1S/C22H27FN2O2/c1-2-20(27-21-8-4-3-7-19(21)23)22(26)24-15-17-9-11-18(12-10-17)16-25-13-5-6-14-25/h3-4,7-12,20H,2,5-6,13-16H2,1H3,(H,24,26)/t20-/m0/s1. The van der Waals surface area contributed by atoms with E-state index >= 15 is 0 Å². The normalized spacial score (nSPS) is 15.5. The maximum Gasteiger partial charge on any atom is 0.261 e. The summed E-state index contributed by atoms with van der Waals surface area (Å²) in [5.74, 6) is -0.593. The molecule has 1 heterocycles. The van der Waals surface area contributed by atoms with Crippen LogP contribution in [0.15, 0.2) is 48.5 Å². The second kappa shape index (κ2) is 9.51. The molecule has 27 heavy (non-hydrogen) atoms. The Kier molecular flexibility index (Phi) is 6.82. The summed E-state index contributed by atoms with van der Waals surface area (Å²) < 4.78 is 19.3. The number of halogens is 1. The van der Waals surface area contributed by atoms with Gasteiger partial charge in [0.25, 0.3) is 5.91 Å². The van der Waals surface area contributed by atoms with Crippen LogP contribution in [0.5, 0.6) is 5.75 Å². The summed E-state index contributed by atoms with van der Waals surface area (Å²) in [5.41, 5.74) is 2.33. The van der Waals surface area contributed by atoms with Crippen LogP contribution in [0.25, 0.3) is 0 Å². The van der Waals surface area contributed by atoms with Gasteiger partial charge in [0.05, 0.1) is 0 Å². The van der Waals surface area contributed by atoms with Crippen molar-refractivity contribution in [3.05, 3.63) is 65.5 Å². The van der Waals surface area contributed by atoms with Gasteiger partial charge >= 0.3 is 0 Å². The summed E-state index contributed by atoms with van der Waals surface area (Å²) in [7, 11) is 0. The molecule has 1 fully saturated rings. The molecule has 0 saturated carbocycles. The predicted molar refractivity (Wildman–Crippen MR) is 104 cm³/mol. The van der Waals surface area contributed by atoms with Gasteiger partial charge in [-0.05, 0) is 55.6 Å². The number of carbonyl (C=O) groups is 1. The van der Waals surface area contributed by atoms with Gasteiger partial charge in [0.15, 0.2) is 17.7 Å². The van der Waals surface area contributed by atoms with E-state index in [1.807, 2.05) is 19.1 Å². The van der Waals surface area contributed by atoms with E-state index in [1.54, 1.807) is 12.1 Å². The number of nitrogens with zero attached hydrogens (tertiary/aromatic N) is 1. The zero-order chi connectivity index (χ0) is 19.1. The van der Waals surface area contributed by atoms with E-state index in [-0.39, 0.29) is 11.7 Å². The first-order chi connectivity index (χ1) is 13.2. The maximum absolute atomic E-state index is 13.7. The summed E-state index contributed by atoms with van der Waals surface area (Å²) >= 11 is 0. The highest BCUT2D eigenvalue weighted by Crippen LogP contribution is 2.18. The lowest BCUT2D eigenvalue weighted by molar-refractivity contribution is -0.128. The number of hydrogen-bond donors (Lipinski definition) is 1. The molecule has 0 aromatic heterocycles. The van der Waals surface area contributed by atoms with Gasteiger partial charge in [-0.25, -0.2) is 4.39 Å². The van der Waals surface area contributed by atoms with Crippen molar-refractivity contribution in [3.8, 4) is 5.75 Å². The largest absolute Gasteiger partial charge is 0.478 e. The number of rotatable bonds is 8. The van der Waals surface area contributed by atoms with Crippen molar-refractivity contribution in [1.29, 1.82) is 0 Å². The number of hydrogen-bond acceptors (Lipinski definition) is 3.